The molecule has 2 heteroatoms. The Hall–Kier alpha value is -1.18. The van der Waals surface area contributed by atoms with Crippen molar-refractivity contribution in [2.75, 3.05) is 0 Å². The second kappa shape index (κ2) is 3.69. The van der Waals surface area contributed by atoms with E-state index in [2.05, 4.69) is 13.8 Å². The summed E-state index contributed by atoms with van der Waals surface area (Å²) in [6.07, 6.45) is 0. The van der Waals surface area contributed by atoms with E-state index < -0.39 is 0 Å². The SMILES string of the molecule is CC(C)C(C)c1cccc(O)c1O. The van der Waals surface area contributed by atoms with Crippen molar-refractivity contribution in [1.29, 1.82) is 0 Å². The molecule has 1 unspecified atom stereocenters. The van der Waals surface area contributed by atoms with E-state index in [-0.39, 0.29) is 17.4 Å². The number of rotatable bonds is 2. The molecule has 0 aliphatic heterocycles. The van der Waals surface area contributed by atoms with Crippen molar-refractivity contribution >= 4 is 0 Å². The minimum atomic E-state index is -0.0370. The normalized spacial score (nSPS) is 13.2. The average Bonchev–Trinajstić information content (AvgIpc) is 2.08. The molecule has 0 bridgehead atoms. The summed E-state index contributed by atoms with van der Waals surface area (Å²) in [7, 11) is 0. The van der Waals surface area contributed by atoms with E-state index in [1.807, 2.05) is 13.0 Å². The lowest BCUT2D eigenvalue weighted by molar-refractivity contribution is 0.390. The predicted octanol–water partition coefficient (Wildman–Crippen LogP) is 2.86. The average molecular weight is 180 g/mol. The zero-order chi connectivity index (χ0) is 10.0. The maximum Gasteiger partial charge on any atom is 0.160 e. The van der Waals surface area contributed by atoms with Gasteiger partial charge in [-0.3, -0.25) is 0 Å². The minimum absolute atomic E-state index is 0.0173. The van der Waals surface area contributed by atoms with E-state index in [1.165, 1.54) is 6.07 Å². The third-order valence-corrected chi connectivity index (χ3v) is 2.54. The lowest BCUT2D eigenvalue weighted by Gasteiger charge is -2.17. The first-order valence-corrected chi connectivity index (χ1v) is 4.55. The van der Waals surface area contributed by atoms with E-state index in [9.17, 15) is 10.2 Å². The van der Waals surface area contributed by atoms with Gasteiger partial charge in [0.1, 0.15) is 0 Å². The first-order chi connectivity index (χ1) is 6.04. The molecule has 2 N–H and O–H groups in total. The number of aromatic hydroxyl groups is 2. The Balaban J connectivity index is 3.07. The fraction of sp³-hybridized carbons (Fsp3) is 0.455. The molecule has 0 saturated carbocycles. The predicted molar refractivity (Wildman–Crippen MR) is 53.0 cm³/mol. The number of hydrogen-bond donors (Lipinski definition) is 2. The van der Waals surface area contributed by atoms with Crippen molar-refractivity contribution in [3.63, 3.8) is 0 Å². The summed E-state index contributed by atoms with van der Waals surface area (Å²) >= 11 is 0. The summed E-state index contributed by atoms with van der Waals surface area (Å²) in [6, 6.07) is 5.09. The van der Waals surface area contributed by atoms with Crippen LogP contribution in [-0.2, 0) is 0 Å². The van der Waals surface area contributed by atoms with Crippen LogP contribution in [0, 0.1) is 5.92 Å². The summed E-state index contributed by atoms with van der Waals surface area (Å²) in [5.74, 6) is 0.688. The van der Waals surface area contributed by atoms with Crippen molar-refractivity contribution in [2.45, 2.75) is 26.7 Å². The molecule has 1 aromatic carbocycles. The number of para-hydroxylation sites is 1. The fourth-order valence-electron chi connectivity index (χ4n) is 1.28. The third kappa shape index (κ3) is 1.94. The van der Waals surface area contributed by atoms with Crippen LogP contribution in [-0.4, -0.2) is 10.2 Å². The monoisotopic (exact) mass is 180 g/mol. The van der Waals surface area contributed by atoms with Crippen molar-refractivity contribution in [1.82, 2.24) is 0 Å². The van der Waals surface area contributed by atoms with Crippen LogP contribution in [0.3, 0.4) is 0 Å². The Morgan fingerprint density at radius 3 is 2.23 bits per heavy atom. The summed E-state index contributed by atoms with van der Waals surface area (Å²) in [4.78, 5) is 0. The molecule has 72 valence electrons. The van der Waals surface area contributed by atoms with E-state index in [4.69, 9.17) is 0 Å². The molecular formula is C11H16O2. The van der Waals surface area contributed by atoms with Gasteiger partial charge >= 0.3 is 0 Å². The smallest absolute Gasteiger partial charge is 0.160 e. The van der Waals surface area contributed by atoms with Gasteiger partial charge in [0.05, 0.1) is 0 Å². The minimum Gasteiger partial charge on any atom is -0.504 e. The quantitative estimate of drug-likeness (QED) is 0.687. The highest BCUT2D eigenvalue weighted by atomic mass is 16.3. The topological polar surface area (TPSA) is 40.5 Å². The Morgan fingerprint density at radius 1 is 1.08 bits per heavy atom. The van der Waals surface area contributed by atoms with Gasteiger partial charge in [-0.25, -0.2) is 0 Å². The van der Waals surface area contributed by atoms with Crippen molar-refractivity contribution in [3.05, 3.63) is 23.8 Å². The number of benzene rings is 1. The van der Waals surface area contributed by atoms with Crippen LogP contribution < -0.4 is 0 Å². The first kappa shape index (κ1) is 9.90. The molecule has 1 aromatic rings. The highest BCUT2D eigenvalue weighted by molar-refractivity contribution is 5.45. The van der Waals surface area contributed by atoms with Gasteiger partial charge < -0.3 is 10.2 Å². The largest absolute Gasteiger partial charge is 0.504 e. The zero-order valence-electron chi connectivity index (χ0n) is 8.28. The molecule has 0 fully saturated rings. The Bertz CT molecular complexity index is 292. The third-order valence-electron chi connectivity index (χ3n) is 2.54. The van der Waals surface area contributed by atoms with Crippen molar-refractivity contribution < 1.29 is 10.2 Å². The second-order valence-corrected chi connectivity index (χ2v) is 3.75. The molecule has 0 amide bonds. The van der Waals surface area contributed by atoms with Gasteiger partial charge in [0.15, 0.2) is 11.5 Å². The van der Waals surface area contributed by atoms with Crippen LogP contribution >= 0.6 is 0 Å². The van der Waals surface area contributed by atoms with E-state index in [0.717, 1.165) is 5.56 Å². The maximum absolute atomic E-state index is 9.57. The maximum atomic E-state index is 9.57. The highest BCUT2D eigenvalue weighted by Gasteiger charge is 2.15. The molecule has 0 aromatic heterocycles. The van der Waals surface area contributed by atoms with E-state index in [1.54, 1.807) is 6.07 Å². The van der Waals surface area contributed by atoms with Gasteiger partial charge in [-0.2, -0.15) is 0 Å². The van der Waals surface area contributed by atoms with Crippen LogP contribution in [0.25, 0.3) is 0 Å². The molecule has 1 atom stereocenters. The van der Waals surface area contributed by atoms with Gasteiger partial charge in [0, 0.05) is 5.56 Å². The summed E-state index contributed by atoms with van der Waals surface area (Å²) in [5.41, 5.74) is 0.815. The van der Waals surface area contributed by atoms with Crippen LogP contribution in [0.15, 0.2) is 18.2 Å². The molecule has 13 heavy (non-hydrogen) atoms. The number of phenols is 2. The van der Waals surface area contributed by atoms with E-state index in [0.29, 0.717) is 5.92 Å². The van der Waals surface area contributed by atoms with Crippen molar-refractivity contribution in [3.8, 4) is 11.5 Å². The van der Waals surface area contributed by atoms with Gasteiger partial charge in [-0.1, -0.05) is 32.9 Å². The lowest BCUT2D eigenvalue weighted by Crippen LogP contribution is -2.01. The van der Waals surface area contributed by atoms with Gasteiger partial charge in [0.25, 0.3) is 0 Å². The van der Waals surface area contributed by atoms with Crippen molar-refractivity contribution in [2.24, 2.45) is 5.92 Å². The molecule has 0 radical (unpaired) electrons. The molecule has 0 aliphatic rings. The van der Waals surface area contributed by atoms with Crippen LogP contribution in [0.5, 0.6) is 11.5 Å². The van der Waals surface area contributed by atoms with Crippen LogP contribution in [0.4, 0.5) is 0 Å². The Kier molecular flexibility index (Phi) is 2.81. The standard InChI is InChI=1S/C11H16O2/c1-7(2)8(3)9-5-4-6-10(12)11(9)13/h4-8,12-13H,1-3H3. The summed E-state index contributed by atoms with van der Waals surface area (Å²) in [6.45, 7) is 6.22. The van der Waals surface area contributed by atoms with Crippen LogP contribution in [0.2, 0.25) is 0 Å². The second-order valence-electron chi connectivity index (χ2n) is 3.75. The Morgan fingerprint density at radius 2 is 1.69 bits per heavy atom. The molecule has 0 saturated heterocycles. The zero-order valence-corrected chi connectivity index (χ0v) is 8.28. The number of hydrogen-bond acceptors (Lipinski definition) is 2. The van der Waals surface area contributed by atoms with E-state index >= 15 is 0 Å². The highest BCUT2D eigenvalue weighted by Crippen LogP contribution is 2.36. The molecule has 1 rings (SSSR count). The summed E-state index contributed by atoms with van der Waals surface area (Å²) < 4.78 is 0. The lowest BCUT2D eigenvalue weighted by atomic mass is 9.89. The summed E-state index contributed by atoms with van der Waals surface area (Å²) in [5, 5.41) is 18.8. The molecule has 0 heterocycles. The van der Waals surface area contributed by atoms with Gasteiger partial charge in [-0.15, -0.1) is 0 Å². The van der Waals surface area contributed by atoms with Gasteiger partial charge in [0.2, 0.25) is 0 Å². The Labute approximate surface area is 78.8 Å². The molecule has 2 nitrogen and oxygen atoms in total. The molecule has 0 spiro atoms. The number of phenolic OH excluding ortho intramolecular Hbond substituents is 2. The molecular weight excluding hydrogens is 164 g/mol. The fourth-order valence-corrected chi connectivity index (χ4v) is 1.28. The van der Waals surface area contributed by atoms with Crippen LogP contribution in [0.1, 0.15) is 32.3 Å². The van der Waals surface area contributed by atoms with Gasteiger partial charge in [-0.05, 0) is 17.9 Å². The molecule has 0 aliphatic carbocycles. The first-order valence-electron chi connectivity index (χ1n) is 4.55.